The van der Waals surface area contributed by atoms with E-state index in [9.17, 15) is 10.2 Å². The summed E-state index contributed by atoms with van der Waals surface area (Å²) in [4.78, 5) is 13.9. The minimum Gasteiger partial charge on any atom is -0.507 e. The standard InChI is InChI=1S/C29H31N3O4/c1-3-5-16-35-21-12-14-23(25(33)18-21)28-30-27(20-10-8-7-9-11-20)31-29(32-28)24-15-13-22(19-26(24)34)36-17-6-4-2/h7-15,18-19,33-34H,3-6,16-17H2,1-2H3. The lowest BCUT2D eigenvalue weighted by Gasteiger charge is -2.12. The number of unbranched alkanes of at least 4 members (excludes halogenated alkanes) is 2. The largest absolute Gasteiger partial charge is 0.507 e. The van der Waals surface area contributed by atoms with Gasteiger partial charge in [0.15, 0.2) is 17.5 Å². The van der Waals surface area contributed by atoms with Crippen molar-refractivity contribution in [3.63, 3.8) is 0 Å². The molecule has 186 valence electrons. The predicted molar refractivity (Wildman–Crippen MR) is 140 cm³/mol. The Hall–Kier alpha value is -4.13. The van der Waals surface area contributed by atoms with Crippen molar-refractivity contribution in [1.29, 1.82) is 0 Å². The highest BCUT2D eigenvalue weighted by Gasteiger charge is 2.17. The molecular weight excluding hydrogens is 454 g/mol. The highest BCUT2D eigenvalue weighted by atomic mass is 16.5. The molecule has 0 saturated heterocycles. The first-order chi connectivity index (χ1) is 17.6. The number of hydrogen-bond acceptors (Lipinski definition) is 7. The third-order valence-corrected chi connectivity index (χ3v) is 5.62. The number of phenols is 2. The van der Waals surface area contributed by atoms with Gasteiger partial charge in [0.2, 0.25) is 0 Å². The lowest BCUT2D eigenvalue weighted by molar-refractivity contribution is 0.307. The van der Waals surface area contributed by atoms with Gasteiger partial charge in [0.1, 0.15) is 23.0 Å². The number of phenolic OH excluding ortho intramolecular Hbond substituents is 2. The summed E-state index contributed by atoms with van der Waals surface area (Å²) < 4.78 is 11.4. The molecule has 0 amide bonds. The monoisotopic (exact) mass is 485 g/mol. The van der Waals surface area contributed by atoms with Crippen molar-refractivity contribution in [2.45, 2.75) is 39.5 Å². The predicted octanol–water partition coefficient (Wildman–Crippen LogP) is 6.64. The summed E-state index contributed by atoms with van der Waals surface area (Å²) in [6, 6.07) is 19.7. The van der Waals surface area contributed by atoms with Crippen molar-refractivity contribution in [3.05, 3.63) is 66.7 Å². The lowest BCUT2D eigenvalue weighted by atomic mass is 10.1. The molecule has 1 heterocycles. The third kappa shape index (κ3) is 6.10. The molecule has 0 saturated carbocycles. The second-order valence-corrected chi connectivity index (χ2v) is 8.43. The zero-order chi connectivity index (χ0) is 25.3. The van der Waals surface area contributed by atoms with Gasteiger partial charge in [0.25, 0.3) is 0 Å². The smallest absolute Gasteiger partial charge is 0.167 e. The molecule has 7 nitrogen and oxygen atoms in total. The van der Waals surface area contributed by atoms with Crippen LogP contribution in [0.2, 0.25) is 0 Å². The maximum absolute atomic E-state index is 10.8. The van der Waals surface area contributed by atoms with Crippen LogP contribution in [0.3, 0.4) is 0 Å². The molecule has 0 fully saturated rings. The highest BCUT2D eigenvalue weighted by Crippen LogP contribution is 2.35. The summed E-state index contributed by atoms with van der Waals surface area (Å²) in [5.41, 5.74) is 1.68. The van der Waals surface area contributed by atoms with Gasteiger partial charge < -0.3 is 19.7 Å². The van der Waals surface area contributed by atoms with Gasteiger partial charge in [-0.2, -0.15) is 0 Å². The molecule has 0 bridgehead atoms. The number of benzene rings is 3. The Balaban J connectivity index is 1.74. The molecule has 0 spiro atoms. The zero-order valence-electron chi connectivity index (χ0n) is 20.6. The number of hydrogen-bond donors (Lipinski definition) is 2. The first kappa shape index (κ1) is 25.0. The molecule has 4 aromatic rings. The Morgan fingerprint density at radius 2 is 1.08 bits per heavy atom. The summed E-state index contributed by atoms with van der Waals surface area (Å²) >= 11 is 0. The molecule has 0 aliphatic rings. The topological polar surface area (TPSA) is 97.6 Å². The number of aromatic nitrogens is 3. The van der Waals surface area contributed by atoms with Gasteiger partial charge in [-0.15, -0.1) is 0 Å². The van der Waals surface area contributed by atoms with E-state index < -0.39 is 0 Å². The highest BCUT2D eigenvalue weighted by molar-refractivity contribution is 5.72. The van der Waals surface area contributed by atoms with Gasteiger partial charge in [-0.3, -0.25) is 0 Å². The van der Waals surface area contributed by atoms with Gasteiger partial charge in [0.05, 0.1) is 24.3 Å². The van der Waals surface area contributed by atoms with Gasteiger partial charge >= 0.3 is 0 Å². The van der Waals surface area contributed by atoms with E-state index in [1.165, 1.54) is 0 Å². The van der Waals surface area contributed by atoms with E-state index in [0.29, 0.717) is 53.3 Å². The van der Waals surface area contributed by atoms with Gasteiger partial charge in [0, 0.05) is 17.7 Å². The molecule has 36 heavy (non-hydrogen) atoms. The van der Waals surface area contributed by atoms with Crippen LogP contribution >= 0.6 is 0 Å². The average molecular weight is 486 g/mol. The molecule has 2 N–H and O–H groups in total. The van der Waals surface area contributed by atoms with Gasteiger partial charge in [-0.05, 0) is 37.1 Å². The molecule has 3 aromatic carbocycles. The molecule has 7 heteroatoms. The summed E-state index contributed by atoms with van der Waals surface area (Å²) in [6.45, 7) is 5.36. The number of rotatable bonds is 11. The van der Waals surface area contributed by atoms with E-state index in [-0.39, 0.29) is 11.5 Å². The Morgan fingerprint density at radius 1 is 0.611 bits per heavy atom. The third-order valence-electron chi connectivity index (χ3n) is 5.62. The molecule has 0 unspecified atom stereocenters. The fourth-order valence-electron chi connectivity index (χ4n) is 3.58. The quantitative estimate of drug-likeness (QED) is 0.230. The fraction of sp³-hybridized carbons (Fsp3) is 0.276. The Kier molecular flexibility index (Phi) is 8.34. The Bertz CT molecular complexity index is 1220. The van der Waals surface area contributed by atoms with Crippen LogP contribution in [0.15, 0.2) is 66.7 Å². The normalized spacial score (nSPS) is 10.8. The molecule has 0 aliphatic carbocycles. The second-order valence-electron chi connectivity index (χ2n) is 8.43. The van der Waals surface area contributed by atoms with E-state index in [1.54, 1.807) is 36.4 Å². The van der Waals surface area contributed by atoms with Gasteiger partial charge in [-0.25, -0.2) is 15.0 Å². The van der Waals surface area contributed by atoms with Crippen molar-refractivity contribution < 1.29 is 19.7 Å². The minimum atomic E-state index is 0.00375. The van der Waals surface area contributed by atoms with E-state index in [2.05, 4.69) is 28.8 Å². The van der Waals surface area contributed by atoms with Crippen LogP contribution in [0.25, 0.3) is 34.2 Å². The fourth-order valence-corrected chi connectivity index (χ4v) is 3.58. The summed E-state index contributed by atoms with van der Waals surface area (Å²) in [7, 11) is 0. The molecule has 0 aliphatic heterocycles. The Labute approximate surface area is 211 Å². The Morgan fingerprint density at radius 3 is 1.53 bits per heavy atom. The SMILES string of the molecule is CCCCOc1ccc(-c2nc(-c3ccccc3)nc(-c3ccc(OCCCC)cc3O)n2)c(O)c1. The van der Waals surface area contributed by atoms with E-state index in [1.807, 2.05) is 30.3 Å². The van der Waals surface area contributed by atoms with Crippen LogP contribution in [0.1, 0.15) is 39.5 Å². The van der Waals surface area contributed by atoms with Crippen LogP contribution in [0.5, 0.6) is 23.0 Å². The van der Waals surface area contributed by atoms with Crippen molar-refractivity contribution in [2.24, 2.45) is 0 Å². The van der Waals surface area contributed by atoms with E-state index in [4.69, 9.17) is 9.47 Å². The molecule has 1 aromatic heterocycles. The van der Waals surface area contributed by atoms with E-state index >= 15 is 0 Å². The van der Waals surface area contributed by atoms with Crippen LogP contribution in [0, 0.1) is 0 Å². The van der Waals surface area contributed by atoms with E-state index in [0.717, 1.165) is 31.2 Å². The minimum absolute atomic E-state index is 0.00375. The summed E-state index contributed by atoms with van der Waals surface area (Å²) in [5.74, 6) is 2.18. The van der Waals surface area contributed by atoms with Crippen LogP contribution in [-0.4, -0.2) is 38.4 Å². The molecular formula is C29H31N3O4. The first-order valence-corrected chi connectivity index (χ1v) is 12.3. The maximum Gasteiger partial charge on any atom is 0.167 e. The van der Waals surface area contributed by atoms with Crippen molar-refractivity contribution in [3.8, 4) is 57.2 Å². The zero-order valence-corrected chi connectivity index (χ0v) is 20.6. The van der Waals surface area contributed by atoms with Crippen LogP contribution in [0.4, 0.5) is 0 Å². The second kappa shape index (κ2) is 12.0. The van der Waals surface area contributed by atoms with Crippen molar-refractivity contribution in [1.82, 2.24) is 15.0 Å². The summed E-state index contributed by atoms with van der Waals surface area (Å²) in [5, 5.41) is 21.5. The molecule has 0 atom stereocenters. The molecule has 0 radical (unpaired) electrons. The molecule has 4 rings (SSSR count). The summed E-state index contributed by atoms with van der Waals surface area (Å²) in [6.07, 6.45) is 3.93. The van der Waals surface area contributed by atoms with Crippen molar-refractivity contribution in [2.75, 3.05) is 13.2 Å². The van der Waals surface area contributed by atoms with Crippen LogP contribution in [-0.2, 0) is 0 Å². The number of ether oxygens (including phenoxy) is 2. The van der Waals surface area contributed by atoms with Crippen molar-refractivity contribution >= 4 is 0 Å². The first-order valence-electron chi connectivity index (χ1n) is 12.3. The van der Waals surface area contributed by atoms with Gasteiger partial charge in [-0.1, -0.05) is 57.0 Å². The maximum atomic E-state index is 10.8. The number of nitrogens with zero attached hydrogens (tertiary/aromatic N) is 3. The lowest BCUT2D eigenvalue weighted by Crippen LogP contribution is -2.01. The average Bonchev–Trinajstić information content (AvgIpc) is 2.89. The number of aromatic hydroxyl groups is 2. The van der Waals surface area contributed by atoms with Crippen LogP contribution < -0.4 is 9.47 Å².